The molecule has 0 heterocycles. The highest BCUT2D eigenvalue weighted by atomic mass is 16.6. The lowest BCUT2D eigenvalue weighted by atomic mass is 10.5. The fraction of sp³-hybridized carbons (Fsp3) is 0.500. The normalized spacial score (nSPS) is 22.4. The van der Waals surface area contributed by atoms with Crippen molar-refractivity contribution < 1.29 is 9.53 Å². The van der Waals surface area contributed by atoms with Crippen LogP contribution in [0, 0.1) is 0 Å². The van der Waals surface area contributed by atoms with E-state index >= 15 is 0 Å². The Labute approximate surface area is 53.7 Å². The van der Waals surface area contributed by atoms with E-state index < -0.39 is 0 Å². The number of ether oxygens (including phenoxy) is 1. The highest BCUT2D eigenvalue weighted by Crippen LogP contribution is 2.22. The van der Waals surface area contributed by atoms with Crippen LogP contribution in [0.1, 0.15) is 6.92 Å². The standard InChI is InChI=1S/C6H9NO2/c1-4-3-5(4)9-6(8)7-2/h3,5H,1-2H3,(H,7,8). The van der Waals surface area contributed by atoms with Crippen LogP contribution in [0.3, 0.4) is 0 Å². The molecule has 0 fully saturated rings. The van der Waals surface area contributed by atoms with Gasteiger partial charge in [0, 0.05) is 7.05 Å². The van der Waals surface area contributed by atoms with Gasteiger partial charge in [-0.05, 0) is 18.6 Å². The fourth-order valence-corrected chi connectivity index (χ4v) is 0.492. The summed E-state index contributed by atoms with van der Waals surface area (Å²) >= 11 is 0. The van der Waals surface area contributed by atoms with E-state index in [9.17, 15) is 4.79 Å². The summed E-state index contributed by atoms with van der Waals surface area (Å²) in [6, 6.07) is 0. The molecule has 0 radical (unpaired) electrons. The molecule has 1 unspecified atom stereocenters. The Bertz CT molecular complexity index is 162. The van der Waals surface area contributed by atoms with Crippen LogP contribution in [0.25, 0.3) is 0 Å². The minimum absolute atomic E-state index is 0.0232. The van der Waals surface area contributed by atoms with Gasteiger partial charge in [0.05, 0.1) is 0 Å². The third-order valence-corrected chi connectivity index (χ3v) is 1.19. The predicted molar refractivity (Wildman–Crippen MR) is 33.1 cm³/mol. The highest BCUT2D eigenvalue weighted by Gasteiger charge is 2.23. The average Bonchev–Trinajstić information content (AvgIpc) is 2.47. The molecule has 9 heavy (non-hydrogen) atoms. The monoisotopic (exact) mass is 127 g/mol. The number of alkyl carbamates (subject to hydrolysis) is 1. The first-order valence-corrected chi connectivity index (χ1v) is 2.80. The SMILES string of the molecule is CNC(=O)OC1C=C1C. The third kappa shape index (κ3) is 1.45. The van der Waals surface area contributed by atoms with Gasteiger partial charge >= 0.3 is 6.09 Å². The summed E-state index contributed by atoms with van der Waals surface area (Å²) in [7, 11) is 1.54. The van der Waals surface area contributed by atoms with Crippen LogP contribution in [0.4, 0.5) is 4.79 Å². The van der Waals surface area contributed by atoms with Crippen LogP contribution in [0.5, 0.6) is 0 Å². The maximum absolute atomic E-state index is 10.4. The van der Waals surface area contributed by atoms with Crippen molar-refractivity contribution in [3.8, 4) is 0 Å². The van der Waals surface area contributed by atoms with Crippen LogP contribution in [-0.4, -0.2) is 19.2 Å². The molecule has 50 valence electrons. The smallest absolute Gasteiger partial charge is 0.407 e. The summed E-state index contributed by atoms with van der Waals surface area (Å²) < 4.78 is 4.78. The molecule has 1 atom stereocenters. The Balaban J connectivity index is 2.14. The summed E-state index contributed by atoms with van der Waals surface area (Å²) in [4.78, 5) is 10.4. The molecule has 1 aliphatic carbocycles. The molecule has 1 aliphatic rings. The Morgan fingerprint density at radius 3 is 2.78 bits per heavy atom. The maximum Gasteiger partial charge on any atom is 0.407 e. The number of carbonyl (C=O) groups excluding carboxylic acids is 1. The zero-order valence-electron chi connectivity index (χ0n) is 5.47. The lowest BCUT2D eigenvalue weighted by Crippen LogP contribution is -2.20. The third-order valence-electron chi connectivity index (χ3n) is 1.19. The molecule has 0 aromatic carbocycles. The van der Waals surface area contributed by atoms with E-state index in [0.717, 1.165) is 5.57 Å². The van der Waals surface area contributed by atoms with Crippen molar-refractivity contribution in [3.05, 3.63) is 11.6 Å². The molecule has 3 nitrogen and oxygen atoms in total. The zero-order valence-corrected chi connectivity index (χ0v) is 5.47. The summed E-state index contributed by atoms with van der Waals surface area (Å²) in [5, 5.41) is 2.36. The van der Waals surface area contributed by atoms with Gasteiger partial charge in [-0.2, -0.15) is 0 Å². The van der Waals surface area contributed by atoms with Crippen molar-refractivity contribution in [1.82, 2.24) is 5.32 Å². The van der Waals surface area contributed by atoms with Crippen molar-refractivity contribution in [2.24, 2.45) is 0 Å². The Hall–Kier alpha value is -0.990. The molecular formula is C6H9NO2. The van der Waals surface area contributed by atoms with E-state index in [0.29, 0.717) is 0 Å². The largest absolute Gasteiger partial charge is 0.437 e. The van der Waals surface area contributed by atoms with E-state index in [2.05, 4.69) is 5.32 Å². The van der Waals surface area contributed by atoms with Gasteiger partial charge in [-0.3, -0.25) is 0 Å². The number of carbonyl (C=O) groups is 1. The van der Waals surface area contributed by atoms with E-state index in [1.807, 2.05) is 13.0 Å². The lowest BCUT2D eigenvalue weighted by Gasteiger charge is -2.00. The maximum atomic E-state index is 10.4. The first-order valence-electron chi connectivity index (χ1n) is 2.80. The van der Waals surface area contributed by atoms with Crippen molar-refractivity contribution in [2.45, 2.75) is 13.0 Å². The van der Waals surface area contributed by atoms with Gasteiger partial charge in [-0.25, -0.2) is 4.79 Å². The van der Waals surface area contributed by atoms with E-state index in [1.165, 1.54) is 0 Å². The summed E-state index contributed by atoms with van der Waals surface area (Å²) in [5.41, 5.74) is 1.12. The second kappa shape index (κ2) is 2.09. The molecule has 0 saturated heterocycles. The molecule has 3 heteroatoms. The Kier molecular flexibility index (Phi) is 1.42. The van der Waals surface area contributed by atoms with Crippen molar-refractivity contribution in [2.75, 3.05) is 7.05 Å². The fourth-order valence-electron chi connectivity index (χ4n) is 0.492. The van der Waals surface area contributed by atoms with Crippen molar-refractivity contribution >= 4 is 6.09 Å². The second-order valence-electron chi connectivity index (χ2n) is 1.99. The summed E-state index contributed by atoms with van der Waals surface area (Å²) in [5.74, 6) is 0. The molecule has 0 bridgehead atoms. The lowest BCUT2D eigenvalue weighted by molar-refractivity contribution is 0.147. The van der Waals surface area contributed by atoms with Crippen molar-refractivity contribution in [3.63, 3.8) is 0 Å². The number of rotatable bonds is 1. The first-order chi connectivity index (χ1) is 4.24. The van der Waals surface area contributed by atoms with Gasteiger partial charge < -0.3 is 10.1 Å². The van der Waals surface area contributed by atoms with Crippen LogP contribution in [-0.2, 0) is 4.74 Å². The van der Waals surface area contributed by atoms with Crippen LogP contribution >= 0.6 is 0 Å². The van der Waals surface area contributed by atoms with Crippen LogP contribution < -0.4 is 5.32 Å². The molecule has 0 aromatic rings. The number of hydrogen-bond donors (Lipinski definition) is 1. The first kappa shape index (κ1) is 6.13. The van der Waals surface area contributed by atoms with E-state index in [4.69, 9.17) is 4.74 Å². The minimum Gasteiger partial charge on any atom is -0.437 e. The molecule has 0 spiro atoms. The van der Waals surface area contributed by atoms with Crippen LogP contribution in [0.15, 0.2) is 11.6 Å². The number of hydrogen-bond acceptors (Lipinski definition) is 2. The molecule has 0 saturated carbocycles. The molecule has 0 aliphatic heterocycles. The molecule has 1 N–H and O–H groups in total. The van der Waals surface area contributed by atoms with Crippen molar-refractivity contribution in [1.29, 1.82) is 0 Å². The van der Waals surface area contributed by atoms with Gasteiger partial charge in [-0.1, -0.05) is 0 Å². The predicted octanol–water partition coefficient (Wildman–Crippen LogP) is 0.671. The van der Waals surface area contributed by atoms with Gasteiger partial charge in [0.2, 0.25) is 0 Å². The van der Waals surface area contributed by atoms with E-state index in [1.54, 1.807) is 7.05 Å². The van der Waals surface area contributed by atoms with E-state index in [-0.39, 0.29) is 12.2 Å². The summed E-state index contributed by atoms with van der Waals surface area (Å²) in [6.45, 7) is 1.92. The number of amides is 1. The Morgan fingerprint density at radius 1 is 1.89 bits per heavy atom. The zero-order chi connectivity index (χ0) is 6.85. The molecule has 0 aromatic heterocycles. The van der Waals surface area contributed by atoms with Gasteiger partial charge in [-0.15, -0.1) is 0 Å². The molecule has 1 amide bonds. The minimum atomic E-state index is -0.367. The number of nitrogens with one attached hydrogen (secondary N) is 1. The molecule has 1 rings (SSSR count). The summed E-state index contributed by atoms with van der Waals surface area (Å²) in [6.07, 6.45) is 1.49. The average molecular weight is 127 g/mol. The quantitative estimate of drug-likeness (QED) is 0.526. The topological polar surface area (TPSA) is 38.3 Å². The van der Waals surface area contributed by atoms with Gasteiger partial charge in [0.15, 0.2) is 0 Å². The second-order valence-corrected chi connectivity index (χ2v) is 1.99. The molecular weight excluding hydrogens is 118 g/mol. The van der Waals surface area contributed by atoms with Gasteiger partial charge in [0.1, 0.15) is 6.10 Å². The van der Waals surface area contributed by atoms with Crippen LogP contribution in [0.2, 0.25) is 0 Å². The highest BCUT2D eigenvalue weighted by molar-refractivity contribution is 5.68. The Morgan fingerprint density at radius 2 is 2.44 bits per heavy atom. The van der Waals surface area contributed by atoms with Gasteiger partial charge in [0.25, 0.3) is 0 Å².